The fourth-order valence-corrected chi connectivity index (χ4v) is 4.57. The maximum Gasteiger partial charge on any atom is 0.0864 e. The minimum Gasteiger partial charge on any atom is -0.388 e. The van der Waals surface area contributed by atoms with E-state index in [0.717, 1.165) is 12.0 Å². The molecule has 2 unspecified atom stereocenters. The van der Waals surface area contributed by atoms with Crippen LogP contribution in [0.4, 0.5) is 0 Å². The van der Waals surface area contributed by atoms with E-state index in [2.05, 4.69) is 53.9 Å². The van der Waals surface area contributed by atoms with Crippen molar-refractivity contribution >= 4 is 22.1 Å². The zero-order chi connectivity index (χ0) is 14.2. The molecule has 3 aromatic rings. The highest BCUT2D eigenvalue weighted by molar-refractivity contribution is 7.10. The molecule has 1 aromatic heterocycles. The van der Waals surface area contributed by atoms with Gasteiger partial charge in [-0.25, -0.2) is 0 Å². The summed E-state index contributed by atoms with van der Waals surface area (Å²) in [4.78, 5) is 1.46. The molecule has 0 radical (unpaired) electrons. The summed E-state index contributed by atoms with van der Waals surface area (Å²) in [6.07, 6.45) is 3.02. The van der Waals surface area contributed by atoms with E-state index in [1.165, 1.54) is 34.1 Å². The molecule has 1 heterocycles. The molecule has 0 saturated carbocycles. The van der Waals surface area contributed by atoms with E-state index in [1.807, 2.05) is 11.3 Å². The van der Waals surface area contributed by atoms with E-state index in [1.54, 1.807) is 0 Å². The second-order valence-corrected chi connectivity index (χ2v) is 6.81. The SMILES string of the molecule is OC(c1cccc2ccccc12)C1CCCc2sccc21. The number of aliphatic hydroxyl groups excluding tert-OH is 1. The molecule has 21 heavy (non-hydrogen) atoms. The quantitative estimate of drug-likeness (QED) is 0.701. The average molecular weight is 294 g/mol. The maximum atomic E-state index is 11.0. The van der Waals surface area contributed by atoms with Crippen LogP contribution in [-0.2, 0) is 6.42 Å². The molecule has 0 bridgehead atoms. The van der Waals surface area contributed by atoms with Crippen molar-refractivity contribution < 1.29 is 5.11 Å². The van der Waals surface area contributed by atoms with E-state index in [9.17, 15) is 5.11 Å². The Morgan fingerprint density at radius 2 is 1.90 bits per heavy atom. The van der Waals surface area contributed by atoms with Crippen molar-refractivity contribution in [2.45, 2.75) is 31.3 Å². The molecule has 0 spiro atoms. The Morgan fingerprint density at radius 3 is 2.86 bits per heavy atom. The van der Waals surface area contributed by atoms with Crippen molar-refractivity contribution in [3.63, 3.8) is 0 Å². The van der Waals surface area contributed by atoms with Gasteiger partial charge in [-0.15, -0.1) is 11.3 Å². The van der Waals surface area contributed by atoms with Gasteiger partial charge in [0.05, 0.1) is 6.10 Å². The van der Waals surface area contributed by atoms with Gasteiger partial charge in [0.15, 0.2) is 0 Å². The molecule has 0 amide bonds. The summed E-state index contributed by atoms with van der Waals surface area (Å²) in [5.74, 6) is 0.241. The summed E-state index contributed by atoms with van der Waals surface area (Å²) in [5.41, 5.74) is 2.43. The van der Waals surface area contributed by atoms with Crippen LogP contribution in [0.15, 0.2) is 53.9 Å². The van der Waals surface area contributed by atoms with Crippen molar-refractivity contribution in [2.24, 2.45) is 0 Å². The van der Waals surface area contributed by atoms with Crippen LogP contribution in [0.5, 0.6) is 0 Å². The fourth-order valence-electron chi connectivity index (χ4n) is 3.58. The molecule has 1 aliphatic carbocycles. The van der Waals surface area contributed by atoms with Crippen LogP contribution in [0, 0.1) is 0 Å². The van der Waals surface area contributed by atoms with Crippen molar-refractivity contribution in [1.82, 2.24) is 0 Å². The molecule has 0 aliphatic heterocycles. The minimum absolute atomic E-state index is 0.241. The molecule has 1 nitrogen and oxygen atoms in total. The summed E-state index contributed by atoms with van der Waals surface area (Å²) in [6, 6.07) is 16.8. The Hall–Kier alpha value is -1.64. The molecular formula is C19H18OS. The summed E-state index contributed by atoms with van der Waals surface area (Å²) in [5, 5.41) is 15.6. The van der Waals surface area contributed by atoms with Crippen LogP contribution in [0.25, 0.3) is 10.8 Å². The Morgan fingerprint density at radius 1 is 1.05 bits per heavy atom. The number of benzene rings is 2. The normalized spacial score (nSPS) is 19.4. The smallest absolute Gasteiger partial charge is 0.0864 e. The lowest BCUT2D eigenvalue weighted by molar-refractivity contribution is 0.138. The average Bonchev–Trinajstić information content (AvgIpc) is 3.02. The Balaban J connectivity index is 1.80. The number of fused-ring (bicyclic) bond motifs is 2. The van der Waals surface area contributed by atoms with Crippen LogP contribution in [-0.4, -0.2) is 5.11 Å². The molecule has 0 saturated heterocycles. The molecule has 0 fully saturated rings. The standard InChI is InChI=1S/C19H18OS/c20-19(17-9-4-10-18-15(17)11-12-21-18)16-8-3-6-13-5-1-2-7-14(13)16/h1-3,5-8,11-12,17,19-20H,4,9-10H2. The van der Waals surface area contributed by atoms with Gasteiger partial charge in [0, 0.05) is 10.8 Å². The number of rotatable bonds is 2. The van der Waals surface area contributed by atoms with Gasteiger partial charge in [-0.3, -0.25) is 0 Å². The summed E-state index contributed by atoms with van der Waals surface area (Å²) in [7, 11) is 0. The van der Waals surface area contributed by atoms with Crippen molar-refractivity contribution in [3.05, 3.63) is 69.9 Å². The van der Waals surface area contributed by atoms with Crippen LogP contribution < -0.4 is 0 Å². The third-order valence-corrected chi connectivity index (χ3v) is 5.62. The van der Waals surface area contributed by atoms with Crippen LogP contribution >= 0.6 is 11.3 Å². The lowest BCUT2D eigenvalue weighted by Crippen LogP contribution is -2.15. The Kier molecular flexibility index (Phi) is 3.28. The highest BCUT2D eigenvalue weighted by atomic mass is 32.1. The first-order chi connectivity index (χ1) is 10.3. The van der Waals surface area contributed by atoms with Gasteiger partial charge in [0.2, 0.25) is 0 Å². The molecular weight excluding hydrogens is 276 g/mol. The largest absolute Gasteiger partial charge is 0.388 e. The van der Waals surface area contributed by atoms with Gasteiger partial charge in [-0.2, -0.15) is 0 Å². The number of hydrogen-bond acceptors (Lipinski definition) is 2. The molecule has 106 valence electrons. The first kappa shape index (κ1) is 13.1. The topological polar surface area (TPSA) is 20.2 Å². The third kappa shape index (κ3) is 2.19. The van der Waals surface area contributed by atoms with Crippen LogP contribution in [0.3, 0.4) is 0 Å². The van der Waals surface area contributed by atoms with E-state index < -0.39 is 6.10 Å². The van der Waals surface area contributed by atoms with Gasteiger partial charge < -0.3 is 5.11 Å². The molecule has 1 aliphatic rings. The lowest BCUT2D eigenvalue weighted by atomic mass is 9.80. The molecule has 2 aromatic carbocycles. The van der Waals surface area contributed by atoms with E-state index in [-0.39, 0.29) is 5.92 Å². The lowest BCUT2D eigenvalue weighted by Gasteiger charge is -2.28. The van der Waals surface area contributed by atoms with Crippen molar-refractivity contribution in [1.29, 1.82) is 0 Å². The van der Waals surface area contributed by atoms with Gasteiger partial charge in [0.1, 0.15) is 0 Å². The number of aryl methyl sites for hydroxylation is 1. The second-order valence-electron chi connectivity index (χ2n) is 5.81. The Labute approximate surface area is 128 Å². The zero-order valence-corrected chi connectivity index (χ0v) is 12.6. The summed E-state index contributed by atoms with van der Waals surface area (Å²) in [6.45, 7) is 0. The van der Waals surface area contributed by atoms with Crippen LogP contribution in [0.2, 0.25) is 0 Å². The predicted molar refractivity (Wildman–Crippen MR) is 88.9 cm³/mol. The first-order valence-electron chi connectivity index (χ1n) is 7.56. The van der Waals surface area contributed by atoms with Gasteiger partial charge in [0.25, 0.3) is 0 Å². The van der Waals surface area contributed by atoms with Gasteiger partial charge in [-0.1, -0.05) is 42.5 Å². The van der Waals surface area contributed by atoms with Gasteiger partial charge in [-0.05, 0) is 52.6 Å². The maximum absolute atomic E-state index is 11.0. The predicted octanol–water partition coefficient (Wildman–Crippen LogP) is 5.05. The van der Waals surface area contributed by atoms with Crippen molar-refractivity contribution in [2.75, 3.05) is 0 Å². The van der Waals surface area contributed by atoms with Gasteiger partial charge >= 0.3 is 0 Å². The highest BCUT2D eigenvalue weighted by Gasteiger charge is 2.29. The second kappa shape index (κ2) is 5.28. The highest BCUT2D eigenvalue weighted by Crippen LogP contribution is 2.43. The van der Waals surface area contributed by atoms with Crippen molar-refractivity contribution in [3.8, 4) is 0 Å². The van der Waals surface area contributed by atoms with E-state index in [4.69, 9.17) is 0 Å². The monoisotopic (exact) mass is 294 g/mol. The zero-order valence-electron chi connectivity index (χ0n) is 11.8. The summed E-state index contributed by atoms with van der Waals surface area (Å²) >= 11 is 1.83. The minimum atomic E-state index is -0.412. The molecule has 1 N–H and O–H groups in total. The fraction of sp³-hybridized carbons (Fsp3) is 0.263. The number of aliphatic hydroxyl groups is 1. The van der Waals surface area contributed by atoms with E-state index in [0.29, 0.717) is 0 Å². The molecule has 2 atom stereocenters. The number of thiophene rings is 1. The molecule has 2 heteroatoms. The Bertz CT molecular complexity index is 769. The molecule has 4 rings (SSSR count). The number of hydrogen-bond donors (Lipinski definition) is 1. The summed E-state index contributed by atoms with van der Waals surface area (Å²) < 4.78 is 0. The third-order valence-electron chi connectivity index (χ3n) is 4.62. The van der Waals surface area contributed by atoms with E-state index >= 15 is 0 Å². The van der Waals surface area contributed by atoms with Crippen LogP contribution in [0.1, 0.15) is 40.9 Å². The first-order valence-corrected chi connectivity index (χ1v) is 8.44.